The first-order valence-corrected chi connectivity index (χ1v) is 11.1. The number of nitrogens with one attached hydrogen (secondary N) is 2. The molecule has 1 amide bonds. The molecule has 0 saturated carbocycles. The van der Waals surface area contributed by atoms with E-state index in [0.29, 0.717) is 35.4 Å². The van der Waals surface area contributed by atoms with Gasteiger partial charge in [-0.15, -0.1) is 0 Å². The molecule has 1 aliphatic rings. The van der Waals surface area contributed by atoms with Gasteiger partial charge in [0.25, 0.3) is 5.91 Å². The maximum Gasteiger partial charge on any atom is 0.255 e. The molecule has 4 rings (SSSR count). The molecule has 1 saturated heterocycles. The molecule has 0 bridgehead atoms. The predicted molar refractivity (Wildman–Crippen MR) is 123 cm³/mol. The number of rotatable bonds is 7. The summed E-state index contributed by atoms with van der Waals surface area (Å²) in [4.78, 5) is 21.6. The minimum absolute atomic E-state index is 0.108. The number of carbonyl (C=O) groups is 1. The summed E-state index contributed by atoms with van der Waals surface area (Å²) in [7, 11) is 0. The number of aliphatic hydroxyl groups is 1. The second kappa shape index (κ2) is 9.58. The Bertz CT molecular complexity index is 1140. The van der Waals surface area contributed by atoms with E-state index in [4.69, 9.17) is 16.3 Å². The van der Waals surface area contributed by atoms with E-state index in [0.717, 1.165) is 18.2 Å². The van der Waals surface area contributed by atoms with Crippen molar-refractivity contribution < 1.29 is 19.0 Å². The Labute approximate surface area is 195 Å². The van der Waals surface area contributed by atoms with Crippen LogP contribution in [0, 0.1) is 0 Å². The molecule has 0 aliphatic carbocycles. The third-order valence-corrected chi connectivity index (χ3v) is 5.72. The van der Waals surface area contributed by atoms with Gasteiger partial charge in [-0.3, -0.25) is 4.79 Å². The Morgan fingerprint density at radius 3 is 2.79 bits per heavy atom. The third-order valence-electron chi connectivity index (χ3n) is 5.52. The summed E-state index contributed by atoms with van der Waals surface area (Å²) in [6, 6.07) is 3.58. The summed E-state index contributed by atoms with van der Waals surface area (Å²) in [6.45, 7) is 3.64. The van der Waals surface area contributed by atoms with E-state index in [2.05, 4.69) is 25.7 Å². The normalized spacial score (nSPS) is 16.0. The summed E-state index contributed by atoms with van der Waals surface area (Å²) in [5.74, 6) is -0.0310. The number of amides is 1. The van der Waals surface area contributed by atoms with E-state index in [1.54, 1.807) is 23.0 Å². The molecule has 0 aromatic carbocycles. The average Bonchev–Trinajstić information content (AvgIpc) is 3.20. The number of hydrogen-bond acceptors (Lipinski definition) is 7. The van der Waals surface area contributed by atoms with Crippen molar-refractivity contribution in [3.63, 3.8) is 0 Å². The van der Waals surface area contributed by atoms with Crippen LogP contribution in [0.5, 0.6) is 0 Å². The summed E-state index contributed by atoms with van der Waals surface area (Å²) < 4.78 is 21.1. The van der Waals surface area contributed by atoms with E-state index >= 15 is 0 Å². The number of carbonyl (C=O) groups excluding carboxylic acids is 1. The molecule has 176 valence electrons. The van der Waals surface area contributed by atoms with Crippen molar-refractivity contribution in [2.45, 2.75) is 44.5 Å². The Morgan fingerprint density at radius 1 is 1.30 bits per heavy atom. The van der Waals surface area contributed by atoms with Crippen LogP contribution in [0.1, 0.15) is 37.0 Å². The van der Waals surface area contributed by atoms with Crippen LogP contribution < -0.4 is 10.6 Å². The quantitative estimate of drug-likeness (QED) is 0.480. The summed E-state index contributed by atoms with van der Waals surface area (Å²) in [6.07, 6.45) is 4.55. The maximum atomic E-state index is 14.1. The number of nitrogens with zero attached hydrogens (tertiary/aromatic N) is 4. The third kappa shape index (κ3) is 5.40. The highest BCUT2D eigenvalue weighted by Crippen LogP contribution is 2.24. The SMILES string of the molecule is CC(C)(O)C(F)CNC(=O)c1cnc(-n2ncc3cc(Cl)cnc32)cc1NC1CCOCC1. The van der Waals surface area contributed by atoms with Crippen LogP contribution in [0.25, 0.3) is 16.9 Å². The molecule has 1 fully saturated rings. The number of hydrogen-bond donors (Lipinski definition) is 3. The van der Waals surface area contributed by atoms with Gasteiger partial charge in [0.2, 0.25) is 0 Å². The van der Waals surface area contributed by atoms with E-state index < -0.39 is 17.7 Å². The van der Waals surface area contributed by atoms with Crippen molar-refractivity contribution in [1.29, 1.82) is 0 Å². The average molecular weight is 477 g/mol. The molecule has 3 N–H and O–H groups in total. The molecule has 3 aromatic rings. The van der Waals surface area contributed by atoms with Gasteiger partial charge in [0.1, 0.15) is 6.17 Å². The molecule has 1 unspecified atom stereocenters. The highest BCUT2D eigenvalue weighted by molar-refractivity contribution is 6.31. The number of fused-ring (bicyclic) bond motifs is 1. The smallest absolute Gasteiger partial charge is 0.255 e. The first-order valence-electron chi connectivity index (χ1n) is 10.7. The van der Waals surface area contributed by atoms with E-state index in [1.165, 1.54) is 26.2 Å². The standard InChI is InChI=1S/C22H26ClFN6O3/c1-22(2,32)18(24)12-27-21(31)16-11-25-19(8-17(16)29-15-3-5-33-6-4-15)30-20-13(9-28-30)7-14(23)10-26-20/h7-11,15,18,32H,3-6,12H2,1-2H3,(H,25,29)(H,27,31). The van der Waals surface area contributed by atoms with Crippen LogP contribution in [-0.4, -0.2) is 68.3 Å². The van der Waals surface area contributed by atoms with Gasteiger partial charge in [-0.05, 0) is 32.8 Å². The Hall–Kier alpha value is -2.82. The van der Waals surface area contributed by atoms with Crippen LogP contribution >= 0.6 is 11.6 Å². The molecule has 11 heteroatoms. The van der Waals surface area contributed by atoms with Gasteiger partial charge in [0.05, 0.1) is 34.6 Å². The lowest BCUT2D eigenvalue weighted by atomic mass is 10.0. The monoisotopic (exact) mass is 476 g/mol. The highest BCUT2D eigenvalue weighted by Gasteiger charge is 2.27. The Balaban J connectivity index is 1.64. The zero-order valence-corrected chi connectivity index (χ0v) is 19.1. The molecule has 3 aromatic heterocycles. The molecule has 1 aliphatic heterocycles. The number of pyridine rings is 2. The van der Waals surface area contributed by atoms with E-state index in [9.17, 15) is 14.3 Å². The zero-order valence-electron chi connectivity index (χ0n) is 18.4. The molecular formula is C22H26ClFN6O3. The van der Waals surface area contributed by atoms with Crippen molar-refractivity contribution in [3.8, 4) is 5.82 Å². The van der Waals surface area contributed by atoms with Crippen LogP contribution in [0.2, 0.25) is 5.02 Å². The van der Waals surface area contributed by atoms with Crippen LogP contribution in [0.3, 0.4) is 0 Å². The van der Waals surface area contributed by atoms with Gasteiger partial charge in [-0.1, -0.05) is 11.6 Å². The van der Waals surface area contributed by atoms with Crippen molar-refractivity contribution in [2.24, 2.45) is 0 Å². The first-order chi connectivity index (χ1) is 15.7. The van der Waals surface area contributed by atoms with Gasteiger partial charge in [-0.2, -0.15) is 9.78 Å². The molecule has 0 radical (unpaired) electrons. The van der Waals surface area contributed by atoms with Crippen molar-refractivity contribution in [3.05, 3.63) is 41.3 Å². The zero-order chi connectivity index (χ0) is 23.6. The molecule has 0 spiro atoms. The van der Waals surface area contributed by atoms with Crippen molar-refractivity contribution >= 4 is 34.2 Å². The second-order valence-corrected chi connectivity index (χ2v) is 9.01. The maximum absolute atomic E-state index is 14.1. The Morgan fingerprint density at radius 2 is 2.06 bits per heavy atom. The van der Waals surface area contributed by atoms with Crippen LogP contribution in [0.4, 0.5) is 10.1 Å². The van der Waals surface area contributed by atoms with Gasteiger partial charge in [-0.25, -0.2) is 14.4 Å². The van der Waals surface area contributed by atoms with Gasteiger partial charge >= 0.3 is 0 Å². The fraction of sp³-hybridized carbons (Fsp3) is 0.455. The second-order valence-electron chi connectivity index (χ2n) is 8.57. The fourth-order valence-corrected chi connectivity index (χ4v) is 3.68. The largest absolute Gasteiger partial charge is 0.387 e. The number of halogens is 2. The number of ether oxygens (including phenoxy) is 1. The first kappa shape index (κ1) is 23.3. The number of anilines is 1. The van der Waals surface area contributed by atoms with E-state index in [-0.39, 0.29) is 18.2 Å². The van der Waals surface area contributed by atoms with Crippen LogP contribution in [0.15, 0.2) is 30.7 Å². The minimum Gasteiger partial charge on any atom is -0.387 e. The Kier molecular flexibility index (Phi) is 6.78. The number of aromatic nitrogens is 4. The minimum atomic E-state index is -1.62. The molecule has 4 heterocycles. The number of alkyl halides is 1. The molecule has 9 nitrogen and oxygen atoms in total. The van der Waals surface area contributed by atoms with Gasteiger partial charge in [0, 0.05) is 43.1 Å². The van der Waals surface area contributed by atoms with Gasteiger partial charge in [0.15, 0.2) is 11.5 Å². The highest BCUT2D eigenvalue weighted by atomic mass is 35.5. The van der Waals surface area contributed by atoms with Crippen molar-refractivity contribution in [2.75, 3.05) is 25.1 Å². The van der Waals surface area contributed by atoms with E-state index in [1.807, 2.05) is 0 Å². The summed E-state index contributed by atoms with van der Waals surface area (Å²) >= 11 is 6.02. The summed E-state index contributed by atoms with van der Waals surface area (Å²) in [5, 5.41) is 21.4. The lowest BCUT2D eigenvalue weighted by Gasteiger charge is -2.26. The molecule has 33 heavy (non-hydrogen) atoms. The fourth-order valence-electron chi connectivity index (χ4n) is 3.51. The molecular weight excluding hydrogens is 451 g/mol. The van der Waals surface area contributed by atoms with Crippen molar-refractivity contribution in [1.82, 2.24) is 25.1 Å². The topological polar surface area (TPSA) is 114 Å². The lowest BCUT2D eigenvalue weighted by molar-refractivity contribution is -0.00177. The van der Waals surface area contributed by atoms with Gasteiger partial charge < -0.3 is 20.5 Å². The predicted octanol–water partition coefficient (Wildman–Crippen LogP) is 2.90. The van der Waals surface area contributed by atoms with Crippen LogP contribution in [-0.2, 0) is 4.74 Å². The lowest BCUT2D eigenvalue weighted by Crippen LogP contribution is -2.42. The summed E-state index contributed by atoms with van der Waals surface area (Å²) in [5.41, 5.74) is -0.178. The molecule has 1 atom stereocenters.